The number of carbonyl (C=O) groups is 1. The highest BCUT2D eigenvalue weighted by molar-refractivity contribution is 5.77. The third-order valence-corrected chi connectivity index (χ3v) is 2.30. The van der Waals surface area contributed by atoms with Crippen LogP contribution < -0.4 is 5.32 Å². The van der Waals surface area contributed by atoms with Gasteiger partial charge in [-0.15, -0.1) is 0 Å². The molecule has 3 heteroatoms. The van der Waals surface area contributed by atoms with Crippen LogP contribution in [0.25, 0.3) is 0 Å². The number of rotatable bonds is 1. The lowest BCUT2D eigenvalue weighted by Gasteiger charge is -2.25. The van der Waals surface area contributed by atoms with Crippen molar-refractivity contribution < 1.29 is 4.79 Å². The standard InChI is InChI=1S/C8H16N2O/c1-5(2)10-7(4)6(3)9-8(10)11/h5-7H,1-4H3,(H,9,11)/t6-,7+/m1/s1. The number of nitrogens with zero attached hydrogens (tertiary/aromatic N) is 1. The molecule has 1 rings (SSSR count). The van der Waals surface area contributed by atoms with Gasteiger partial charge in [-0.2, -0.15) is 0 Å². The van der Waals surface area contributed by atoms with Gasteiger partial charge in [0.1, 0.15) is 0 Å². The summed E-state index contributed by atoms with van der Waals surface area (Å²) < 4.78 is 0. The number of hydrogen-bond donors (Lipinski definition) is 1. The molecular weight excluding hydrogens is 140 g/mol. The highest BCUT2D eigenvalue weighted by Gasteiger charge is 2.34. The normalized spacial score (nSPS) is 31.4. The quantitative estimate of drug-likeness (QED) is 0.608. The molecule has 1 heterocycles. The van der Waals surface area contributed by atoms with Crippen molar-refractivity contribution in [3.63, 3.8) is 0 Å². The van der Waals surface area contributed by atoms with Gasteiger partial charge in [0.15, 0.2) is 0 Å². The fourth-order valence-corrected chi connectivity index (χ4v) is 1.52. The number of amides is 2. The molecule has 1 aliphatic rings. The average molecular weight is 156 g/mol. The van der Waals surface area contributed by atoms with Crippen LogP contribution in [0, 0.1) is 0 Å². The first-order valence-corrected chi connectivity index (χ1v) is 4.13. The summed E-state index contributed by atoms with van der Waals surface area (Å²) in [6.07, 6.45) is 0. The minimum atomic E-state index is 0.0694. The van der Waals surface area contributed by atoms with Gasteiger partial charge in [0.05, 0.1) is 6.04 Å². The topological polar surface area (TPSA) is 32.3 Å². The zero-order chi connectivity index (χ0) is 8.59. The lowest BCUT2D eigenvalue weighted by molar-refractivity contribution is 0.188. The summed E-state index contributed by atoms with van der Waals surface area (Å²) in [6.45, 7) is 8.18. The Balaban J connectivity index is 2.71. The van der Waals surface area contributed by atoms with E-state index >= 15 is 0 Å². The second-order valence-corrected chi connectivity index (χ2v) is 3.48. The Morgan fingerprint density at radius 2 is 2.00 bits per heavy atom. The molecule has 64 valence electrons. The lowest BCUT2D eigenvalue weighted by Crippen LogP contribution is -2.38. The summed E-state index contributed by atoms with van der Waals surface area (Å²) >= 11 is 0. The molecule has 1 fully saturated rings. The van der Waals surface area contributed by atoms with Crippen LogP contribution in [-0.4, -0.2) is 29.1 Å². The van der Waals surface area contributed by atoms with Crippen LogP contribution in [0.15, 0.2) is 0 Å². The highest BCUT2D eigenvalue weighted by Crippen LogP contribution is 2.15. The summed E-state index contributed by atoms with van der Waals surface area (Å²) in [7, 11) is 0. The maximum Gasteiger partial charge on any atom is 0.318 e. The van der Waals surface area contributed by atoms with E-state index in [1.807, 2.05) is 25.7 Å². The Morgan fingerprint density at radius 1 is 1.45 bits per heavy atom. The number of carbonyl (C=O) groups excluding carboxylic acids is 1. The molecule has 0 unspecified atom stereocenters. The summed E-state index contributed by atoms with van der Waals surface area (Å²) in [5.74, 6) is 0. The number of urea groups is 1. The fraction of sp³-hybridized carbons (Fsp3) is 0.875. The second-order valence-electron chi connectivity index (χ2n) is 3.48. The SMILES string of the molecule is CC(C)N1C(=O)N[C@H](C)[C@@H]1C. The van der Waals surface area contributed by atoms with E-state index in [0.29, 0.717) is 12.1 Å². The van der Waals surface area contributed by atoms with Crippen molar-refractivity contribution in [1.29, 1.82) is 0 Å². The van der Waals surface area contributed by atoms with Crippen LogP contribution in [0.3, 0.4) is 0 Å². The zero-order valence-electron chi connectivity index (χ0n) is 7.59. The van der Waals surface area contributed by atoms with Crippen molar-refractivity contribution in [2.45, 2.75) is 45.8 Å². The third-order valence-electron chi connectivity index (χ3n) is 2.30. The van der Waals surface area contributed by atoms with Crippen LogP contribution in [0.1, 0.15) is 27.7 Å². The maximum absolute atomic E-state index is 11.3. The van der Waals surface area contributed by atoms with E-state index in [1.165, 1.54) is 0 Å². The number of nitrogens with one attached hydrogen (secondary N) is 1. The van der Waals surface area contributed by atoms with Gasteiger partial charge in [-0.3, -0.25) is 0 Å². The first-order valence-electron chi connectivity index (χ1n) is 4.13. The molecule has 3 nitrogen and oxygen atoms in total. The monoisotopic (exact) mass is 156 g/mol. The Labute approximate surface area is 67.8 Å². The van der Waals surface area contributed by atoms with E-state index < -0.39 is 0 Å². The van der Waals surface area contributed by atoms with Crippen molar-refractivity contribution in [2.24, 2.45) is 0 Å². The van der Waals surface area contributed by atoms with E-state index in [9.17, 15) is 4.79 Å². The van der Waals surface area contributed by atoms with Crippen LogP contribution in [0.4, 0.5) is 4.79 Å². The Bertz CT molecular complexity index is 167. The predicted molar refractivity (Wildman–Crippen MR) is 44.4 cm³/mol. The molecule has 1 N–H and O–H groups in total. The van der Waals surface area contributed by atoms with Gasteiger partial charge in [0.25, 0.3) is 0 Å². The van der Waals surface area contributed by atoms with E-state index in [0.717, 1.165) is 0 Å². The van der Waals surface area contributed by atoms with Gasteiger partial charge in [0, 0.05) is 12.1 Å². The van der Waals surface area contributed by atoms with Gasteiger partial charge in [-0.1, -0.05) is 0 Å². The first kappa shape index (κ1) is 8.37. The smallest absolute Gasteiger partial charge is 0.318 e. The molecule has 0 aromatic carbocycles. The molecule has 2 atom stereocenters. The van der Waals surface area contributed by atoms with E-state index in [-0.39, 0.29) is 12.1 Å². The summed E-state index contributed by atoms with van der Waals surface area (Å²) in [5, 5.41) is 2.88. The molecule has 1 aliphatic heterocycles. The van der Waals surface area contributed by atoms with Crippen molar-refractivity contribution >= 4 is 6.03 Å². The minimum absolute atomic E-state index is 0.0694. The van der Waals surface area contributed by atoms with Gasteiger partial charge >= 0.3 is 6.03 Å². The van der Waals surface area contributed by atoms with E-state index in [2.05, 4.69) is 12.2 Å². The average Bonchev–Trinajstić information content (AvgIpc) is 2.07. The maximum atomic E-state index is 11.3. The fourth-order valence-electron chi connectivity index (χ4n) is 1.52. The predicted octanol–water partition coefficient (Wildman–Crippen LogP) is 1.20. The zero-order valence-corrected chi connectivity index (χ0v) is 7.59. The highest BCUT2D eigenvalue weighted by atomic mass is 16.2. The van der Waals surface area contributed by atoms with Gasteiger partial charge < -0.3 is 10.2 Å². The molecule has 0 spiro atoms. The summed E-state index contributed by atoms with van der Waals surface area (Å²) in [5.41, 5.74) is 0. The molecule has 2 amide bonds. The van der Waals surface area contributed by atoms with Gasteiger partial charge in [-0.25, -0.2) is 4.79 Å². The molecule has 0 aliphatic carbocycles. The Morgan fingerprint density at radius 3 is 2.18 bits per heavy atom. The van der Waals surface area contributed by atoms with Crippen molar-refractivity contribution in [3.8, 4) is 0 Å². The van der Waals surface area contributed by atoms with Crippen LogP contribution >= 0.6 is 0 Å². The first-order chi connectivity index (χ1) is 5.04. The molecule has 0 aromatic rings. The van der Waals surface area contributed by atoms with Gasteiger partial charge in [0.2, 0.25) is 0 Å². The number of hydrogen-bond acceptors (Lipinski definition) is 1. The molecule has 0 bridgehead atoms. The molecular formula is C8H16N2O. The molecule has 0 aromatic heterocycles. The third kappa shape index (κ3) is 1.32. The molecule has 11 heavy (non-hydrogen) atoms. The second kappa shape index (κ2) is 2.72. The van der Waals surface area contributed by atoms with E-state index in [4.69, 9.17) is 0 Å². The van der Waals surface area contributed by atoms with E-state index in [1.54, 1.807) is 0 Å². The van der Waals surface area contributed by atoms with Crippen molar-refractivity contribution in [3.05, 3.63) is 0 Å². The minimum Gasteiger partial charge on any atom is -0.333 e. The largest absolute Gasteiger partial charge is 0.333 e. The lowest BCUT2D eigenvalue weighted by atomic mass is 10.1. The molecule has 0 radical (unpaired) electrons. The van der Waals surface area contributed by atoms with Crippen molar-refractivity contribution in [1.82, 2.24) is 10.2 Å². The van der Waals surface area contributed by atoms with Crippen LogP contribution in [0.2, 0.25) is 0 Å². The molecule has 1 saturated heterocycles. The Kier molecular flexibility index (Phi) is 2.07. The van der Waals surface area contributed by atoms with Gasteiger partial charge in [-0.05, 0) is 27.7 Å². The molecule has 0 saturated carbocycles. The van der Waals surface area contributed by atoms with Crippen molar-refractivity contribution in [2.75, 3.05) is 0 Å². The van der Waals surface area contributed by atoms with Crippen LogP contribution in [-0.2, 0) is 0 Å². The summed E-state index contributed by atoms with van der Waals surface area (Å²) in [6, 6.07) is 0.974. The van der Waals surface area contributed by atoms with Crippen LogP contribution in [0.5, 0.6) is 0 Å². The summed E-state index contributed by atoms with van der Waals surface area (Å²) in [4.78, 5) is 13.1. The Hall–Kier alpha value is -0.730.